The van der Waals surface area contributed by atoms with Crippen molar-refractivity contribution in [2.24, 2.45) is 0 Å². The third kappa shape index (κ3) is 3.91. The van der Waals surface area contributed by atoms with Crippen LogP contribution in [0.15, 0.2) is 29.2 Å². The Kier molecular flexibility index (Phi) is 4.87. The molecule has 0 bridgehead atoms. The summed E-state index contributed by atoms with van der Waals surface area (Å²) >= 11 is 0. The number of carbonyl (C=O) groups is 1. The standard InChI is InChI=1S/C11H15NO6S/c1-7(13)10(11(14)15)12-19(16,17)9-5-3-8(18-2)4-6-9/h3-7,10,12-13H,1-2H3,(H,14,15). The van der Waals surface area contributed by atoms with Gasteiger partial charge in [-0.2, -0.15) is 4.72 Å². The predicted octanol–water partition coefficient (Wildman–Crippen LogP) is -0.193. The van der Waals surface area contributed by atoms with Gasteiger partial charge in [0.25, 0.3) is 0 Å². The monoisotopic (exact) mass is 289 g/mol. The number of carboxylic acids is 1. The third-order valence-corrected chi connectivity index (χ3v) is 3.86. The van der Waals surface area contributed by atoms with Gasteiger partial charge in [-0.1, -0.05) is 0 Å². The van der Waals surface area contributed by atoms with E-state index in [1.54, 1.807) is 0 Å². The van der Waals surface area contributed by atoms with Crippen LogP contribution in [0.4, 0.5) is 0 Å². The van der Waals surface area contributed by atoms with Crippen LogP contribution < -0.4 is 9.46 Å². The molecule has 0 heterocycles. The number of methoxy groups -OCH3 is 1. The van der Waals surface area contributed by atoms with Gasteiger partial charge in [0.2, 0.25) is 10.0 Å². The molecule has 7 nitrogen and oxygen atoms in total. The molecule has 19 heavy (non-hydrogen) atoms. The summed E-state index contributed by atoms with van der Waals surface area (Å²) in [5, 5.41) is 18.1. The first-order valence-corrected chi connectivity index (χ1v) is 6.83. The lowest BCUT2D eigenvalue weighted by Crippen LogP contribution is -2.47. The first-order valence-electron chi connectivity index (χ1n) is 5.35. The lowest BCUT2D eigenvalue weighted by Gasteiger charge is -2.17. The molecule has 0 amide bonds. The van der Waals surface area contributed by atoms with Gasteiger partial charge in [0.05, 0.1) is 18.1 Å². The first kappa shape index (κ1) is 15.4. The van der Waals surface area contributed by atoms with Crippen LogP contribution in [0.5, 0.6) is 5.75 Å². The molecule has 0 saturated carbocycles. The van der Waals surface area contributed by atoms with E-state index in [1.807, 2.05) is 4.72 Å². The van der Waals surface area contributed by atoms with E-state index >= 15 is 0 Å². The van der Waals surface area contributed by atoms with E-state index in [2.05, 4.69) is 0 Å². The Labute approximate surface area is 110 Å². The fourth-order valence-electron chi connectivity index (χ4n) is 1.35. The van der Waals surface area contributed by atoms with Crippen LogP contribution in [0.25, 0.3) is 0 Å². The van der Waals surface area contributed by atoms with E-state index in [4.69, 9.17) is 9.84 Å². The van der Waals surface area contributed by atoms with Crippen LogP contribution in [0.1, 0.15) is 6.92 Å². The second-order valence-electron chi connectivity index (χ2n) is 3.85. The average molecular weight is 289 g/mol. The molecular weight excluding hydrogens is 274 g/mol. The van der Waals surface area contributed by atoms with Gasteiger partial charge in [0.15, 0.2) is 0 Å². The topological polar surface area (TPSA) is 113 Å². The van der Waals surface area contributed by atoms with Crippen LogP contribution in [0.3, 0.4) is 0 Å². The Hall–Kier alpha value is -1.64. The quantitative estimate of drug-likeness (QED) is 0.669. The van der Waals surface area contributed by atoms with Crippen molar-refractivity contribution in [3.8, 4) is 5.75 Å². The van der Waals surface area contributed by atoms with Gasteiger partial charge in [0.1, 0.15) is 11.8 Å². The molecule has 0 aliphatic heterocycles. The molecule has 0 saturated heterocycles. The van der Waals surface area contributed by atoms with Gasteiger partial charge >= 0.3 is 5.97 Å². The number of aliphatic carboxylic acids is 1. The van der Waals surface area contributed by atoms with E-state index in [0.29, 0.717) is 5.75 Å². The molecule has 0 aromatic heterocycles. The van der Waals surface area contributed by atoms with Gasteiger partial charge in [-0.05, 0) is 31.2 Å². The number of nitrogens with one attached hydrogen (secondary N) is 1. The highest BCUT2D eigenvalue weighted by atomic mass is 32.2. The molecule has 0 aliphatic carbocycles. The number of carboxylic acid groups (broad SMARTS) is 1. The zero-order chi connectivity index (χ0) is 14.6. The number of hydrogen-bond donors (Lipinski definition) is 3. The zero-order valence-corrected chi connectivity index (χ0v) is 11.2. The molecular formula is C11H15NO6S. The van der Waals surface area contributed by atoms with Crippen LogP contribution in [-0.4, -0.2) is 43.9 Å². The van der Waals surface area contributed by atoms with Crippen molar-refractivity contribution in [2.45, 2.75) is 24.0 Å². The second-order valence-corrected chi connectivity index (χ2v) is 5.57. The van der Waals surface area contributed by atoms with E-state index in [0.717, 1.165) is 0 Å². The molecule has 0 aliphatic rings. The van der Waals surface area contributed by atoms with E-state index in [1.165, 1.54) is 38.3 Å². The molecule has 1 aromatic carbocycles. The normalized spacial score (nSPS) is 14.7. The SMILES string of the molecule is COc1ccc(S(=O)(=O)NC(C(=O)O)C(C)O)cc1. The summed E-state index contributed by atoms with van der Waals surface area (Å²) in [5.74, 6) is -0.976. The maximum atomic E-state index is 11.9. The third-order valence-electron chi connectivity index (χ3n) is 2.40. The van der Waals surface area contributed by atoms with Gasteiger partial charge in [-0.25, -0.2) is 8.42 Å². The van der Waals surface area contributed by atoms with Crippen LogP contribution in [0, 0.1) is 0 Å². The van der Waals surface area contributed by atoms with E-state index in [-0.39, 0.29) is 4.90 Å². The number of aliphatic hydroxyl groups excluding tert-OH is 1. The molecule has 0 spiro atoms. The summed E-state index contributed by atoms with van der Waals surface area (Å²) in [6.45, 7) is 1.19. The van der Waals surface area contributed by atoms with Crippen LogP contribution in [-0.2, 0) is 14.8 Å². The Bertz CT molecular complexity index is 537. The highest BCUT2D eigenvalue weighted by molar-refractivity contribution is 7.89. The number of rotatable bonds is 6. The average Bonchev–Trinajstić information content (AvgIpc) is 2.35. The lowest BCUT2D eigenvalue weighted by atomic mass is 10.2. The number of benzene rings is 1. The highest BCUT2D eigenvalue weighted by Crippen LogP contribution is 2.16. The largest absolute Gasteiger partial charge is 0.497 e. The van der Waals surface area contributed by atoms with Crippen molar-refractivity contribution in [3.63, 3.8) is 0 Å². The molecule has 2 atom stereocenters. The summed E-state index contributed by atoms with van der Waals surface area (Å²) in [6.07, 6.45) is -1.36. The van der Waals surface area contributed by atoms with E-state index in [9.17, 15) is 18.3 Å². The minimum absolute atomic E-state index is 0.111. The molecule has 2 unspecified atom stereocenters. The summed E-state index contributed by atoms with van der Waals surface area (Å²) in [4.78, 5) is 10.7. The summed E-state index contributed by atoms with van der Waals surface area (Å²) in [7, 11) is -2.58. The Morgan fingerprint density at radius 3 is 2.21 bits per heavy atom. The smallest absolute Gasteiger partial charge is 0.324 e. The predicted molar refractivity (Wildman–Crippen MR) is 66.4 cm³/mol. The minimum atomic E-state index is -4.02. The number of aliphatic hydroxyl groups is 1. The zero-order valence-electron chi connectivity index (χ0n) is 10.4. The minimum Gasteiger partial charge on any atom is -0.497 e. The summed E-state index contributed by atoms with van der Waals surface area (Å²) < 4.78 is 30.7. The number of ether oxygens (including phenoxy) is 1. The fraction of sp³-hybridized carbons (Fsp3) is 0.364. The molecule has 8 heteroatoms. The summed E-state index contributed by atoms with van der Waals surface area (Å²) in [6, 6.07) is 3.83. The second kappa shape index (κ2) is 6.00. The van der Waals surface area contributed by atoms with Gasteiger partial charge in [0, 0.05) is 0 Å². The van der Waals surface area contributed by atoms with Crippen molar-refractivity contribution in [1.29, 1.82) is 0 Å². The van der Waals surface area contributed by atoms with Gasteiger partial charge in [-0.3, -0.25) is 4.79 Å². The van der Waals surface area contributed by atoms with Gasteiger partial charge < -0.3 is 14.9 Å². The molecule has 1 rings (SSSR count). The van der Waals surface area contributed by atoms with Crippen molar-refractivity contribution in [3.05, 3.63) is 24.3 Å². The molecule has 1 aromatic rings. The van der Waals surface area contributed by atoms with Crippen molar-refractivity contribution >= 4 is 16.0 Å². The number of hydrogen-bond acceptors (Lipinski definition) is 5. The molecule has 3 N–H and O–H groups in total. The lowest BCUT2D eigenvalue weighted by molar-refractivity contribution is -0.141. The van der Waals surface area contributed by atoms with Crippen LogP contribution in [0.2, 0.25) is 0 Å². The fourth-order valence-corrected chi connectivity index (χ4v) is 2.61. The van der Waals surface area contributed by atoms with Crippen molar-refractivity contribution in [2.75, 3.05) is 7.11 Å². The maximum Gasteiger partial charge on any atom is 0.324 e. The highest BCUT2D eigenvalue weighted by Gasteiger charge is 2.29. The molecule has 0 fully saturated rings. The Balaban J connectivity index is 2.99. The molecule has 0 radical (unpaired) electrons. The maximum absolute atomic E-state index is 11.9. The van der Waals surface area contributed by atoms with Crippen molar-refractivity contribution in [1.82, 2.24) is 4.72 Å². The Morgan fingerprint density at radius 1 is 1.32 bits per heavy atom. The van der Waals surface area contributed by atoms with E-state index < -0.39 is 28.1 Å². The molecule has 106 valence electrons. The first-order chi connectivity index (χ1) is 8.77. The van der Waals surface area contributed by atoms with Crippen molar-refractivity contribution < 1.29 is 28.2 Å². The van der Waals surface area contributed by atoms with Crippen LogP contribution >= 0.6 is 0 Å². The summed E-state index contributed by atoms with van der Waals surface area (Å²) in [5.41, 5.74) is 0. The number of sulfonamides is 1. The Morgan fingerprint density at radius 2 is 1.84 bits per heavy atom. The van der Waals surface area contributed by atoms with Gasteiger partial charge in [-0.15, -0.1) is 0 Å².